The maximum absolute atomic E-state index is 6.04. The minimum absolute atomic E-state index is 0.491. The topological polar surface area (TPSA) is 17.8 Å². The fourth-order valence-corrected chi connectivity index (χ4v) is 2.83. The van der Waals surface area contributed by atoms with E-state index >= 15 is 0 Å². The number of hydrogen-bond acceptors (Lipinski definition) is 1. The quantitative estimate of drug-likeness (QED) is 0.750. The molecule has 0 aliphatic heterocycles. The lowest BCUT2D eigenvalue weighted by Gasteiger charge is -2.16. The van der Waals surface area contributed by atoms with Crippen molar-refractivity contribution in [2.24, 2.45) is 5.92 Å². The van der Waals surface area contributed by atoms with Crippen molar-refractivity contribution >= 4 is 22.6 Å². The summed E-state index contributed by atoms with van der Waals surface area (Å²) in [5.41, 5.74) is 3.58. The third-order valence-electron chi connectivity index (χ3n) is 3.83. The van der Waals surface area contributed by atoms with Gasteiger partial charge >= 0.3 is 0 Å². The Morgan fingerprint density at radius 2 is 2.24 bits per heavy atom. The summed E-state index contributed by atoms with van der Waals surface area (Å²) in [5.74, 6) is 2.32. The van der Waals surface area contributed by atoms with Crippen molar-refractivity contribution in [1.82, 2.24) is 9.55 Å². The monoisotopic (exact) mass is 248 g/mol. The molecule has 1 aliphatic carbocycles. The van der Waals surface area contributed by atoms with Crippen molar-refractivity contribution < 1.29 is 0 Å². The van der Waals surface area contributed by atoms with E-state index in [-0.39, 0.29) is 0 Å². The number of fused-ring (bicyclic) bond motifs is 1. The van der Waals surface area contributed by atoms with E-state index in [9.17, 15) is 0 Å². The highest BCUT2D eigenvalue weighted by Crippen LogP contribution is 2.41. The normalized spacial score (nSPS) is 17.6. The molecule has 1 aromatic carbocycles. The largest absolute Gasteiger partial charge is 0.324 e. The average Bonchev–Trinajstić information content (AvgIpc) is 3.09. The molecule has 0 N–H and O–H groups in total. The van der Waals surface area contributed by atoms with Gasteiger partial charge in [-0.1, -0.05) is 12.1 Å². The van der Waals surface area contributed by atoms with Gasteiger partial charge in [-0.15, -0.1) is 11.6 Å². The number of rotatable bonds is 3. The van der Waals surface area contributed by atoms with Crippen LogP contribution in [0.15, 0.2) is 18.2 Å². The summed E-state index contributed by atoms with van der Waals surface area (Å²) in [4.78, 5) is 4.69. The number of hydrogen-bond donors (Lipinski definition) is 0. The van der Waals surface area contributed by atoms with E-state index in [0.29, 0.717) is 11.9 Å². The lowest BCUT2D eigenvalue weighted by atomic mass is 10.1. The lowest BCUT2D eigenvalue weighted by Crippen LogP contribution is -2.10. The highest BCUT2D eigenvalue weighted by atomic mass is 35.5. The molecule has 1 aliphatic rings. The van der Waals surface area contributed by atoms with E-state index in [2.05, 4.69) is 36.6 Å². The third kappa shape index (κ3) is 1.75. The van der Waals surface area contributed by atoms with Crippen LogP contribution >= 0.6 is 11.6 Å². The van der Waals surface area contributed by atoms with Crippen molar-refractivity contribution in [1.29, 1.82) is 0 Å². The molecule has 1 heterocycles. The molecule has 0 amide bonds. The predicted octanol–water partition coefficient (Wildman–Crippen LogP) is 4.05. The van der Waals surface area contributed by atoms with Crippen LogP contribution in [0.4, 0.5) is 0 Å². The van der Waals surface area contributed by atoms with Gasteiger partial charge in [0, 0.05) is 6.04 Å². The number of imidazole rings is 1. The highest BCUT2D eigenvalue weighted by molar-refractivity contribution is 6.16. The first-order chi connectivity index (χ1) is 8.22. The van der Waals surface area contributed by atoms with Gasteiger partial charge in [0.2, 0.25) is 0 Å². The van der Waals surface area contributed by atoms with Gasteiger partial charge in [0.15, 0.2) is 0 Å². The van der Waals surface area contributed by atoms with Gasteiger partial charge in [0.25, 0.3) is 0 Å². The number of aryl methyl sites for hydroxylation is 1. The SMILES string of the molecule is Cc1cccc2c1nc(CCl)n2C(C)C1CC1. The minimum Gasteiger partial charge on any atom is -0.324 e. The Morgan fingerprint density at radius 1 is 1.47 bits per heavy atom. The smallest absolute Gasteiger partial charge is 0.125 e. The summed E-state index contributed by atoms with van der Waals surface area (Å²) >= 11 is 6.04. The van der Waals surface area contributed by atoms with Gasteiger partial charge < -0.3 is 4.57 Å². The van der Waals surface area contributed by atoms with Crippen LogP contribution in [0.5, 0.6) is 0 Å². The summed E-state index contributed by atoms with van der Waals surface area (Å²) in [6, 6.07) is 6.90. The molecule has 0 radical (unpaired) electrons. The van der Waals surface area contributed by atoms with Crippen molar-refractivity contribution in [3.63, 3.8) is 0 Å². The van der Waals surface area contributed by atoms with Crippen molar-refractivity contribution in [3.05, 3.63) is 29.6 Å². The molecule has 1 aromatic heterocycles. The van der Waals surface area contributed by atoms with Crippen LogP contribution in [-0.2, 0) is 5.88 Å². The molecule has 3 rings (SSSR count). The van der Waals surface area contributed by atoms with Crippen LogP contribution in [0.1, 0.15) is 37.2 Å². The first-order valence-corrected chi connectivity index (χ1v) is 6.78. The van der Waals surface area contributed by atoms with Gasteiger partial charge in [-0.3, -0.25) is 0 Å². The Hall–Kier alpha value is -1.02. The fraction of sp³-hybridized carbons (Fsp3) is 0.500. The van der Waals surface area contributed by atoms with E-state index in [1.807, 2.05) is 0 Å². The van der Waals surface area contributed by atoms with E-state index in [0.717, 1.165) is 17.3 Å². The molecule has 1 atom stereocenters. The zero-order valence-corrected chi connectivity index (χ0v) is 11.0. The second-order valence-corrected chi connectivity index (χ2v) is 5.32. The zero-order chi connectivity index (χ0) is 12.0. The molecule has 2 aromatic rings. The standard InChI is InChI=1S/C14H17ClN2/c1-9-4-3-5-12-14(9)16-13(8-15)17(12)10(2)11-6-7-11/h3-5,10-11H,6-8H2,1-2H3. The van der Waals surface area contributed by atoms with Gasteiger partial charge in [0.1, 0.15) is 5.82 Å². The van der Waals surface area contributed by atoms with E-state index in [1.54, 1.807) is 0 Å². The summed E-state index contributed by atoms with van der Waals surface area (Å²) < 4.78 is 2.34. The van der Waals surface area contributed by atoms with Crippen LogP contribution in [0.3, 0.4) is 0 Å². The molecular weight excluding hydrogens is 232 g/mol. The van der Waals surface area contributed by atoms with Crippen molar-refractivity contribution in [3.8, 4) is 0 Å². The Balaban J connectivity index is 2.22. The Labute approximate surface area is 107 Å². The Morgan fingerprint density at radius 3 is 2.88 bits per heavy atom. The van der Waals surface area contributed by atoms with E-state index in [4.69, 9.17) is 16.6 Å². The van der Waals surface area contributed by atoms with Gasteiger partial charge in [-0.2, -0.15) is 0 Å². The molecule has 1 fully saturated rings. The number of aromatic nitrogens is 2. The first kappa shape index (κ1) is 11.1. The van der Waals surface area contributed by atoms with Crippen LogP contribution in [0.25, 0.3) is 11.0 Å². The molecule has 90 valence electrons. The highest BCUT2D eigenvalue weighted by Gasteiger charge is 2.31. The van der Waals surface area contributed by atoms with E-state index < -0.39 is 0 Å². The fourth-order valence-electron chi connectivity index (χ4n) is 2.64. The third-order valence-corrected chi connectivity index (χ3v) is 4.07. The molecule has 0 spiro atoms. The summed E-state index contributed by atoms with van der Waals surface area (Å²) in [5, 5.41) is 0. The Kier molecular flexibility index (Phi) is 2.62. The van der Waals surface area contributed by atoms with Crippen LogP contribution in [0.2, 0.25) is 0 Å². The number of benzene rings is 1. The van der Waals surface area contributed by atoms with Gasteiger partial charge in [0.05, 0.1) is 16.9 Å². The molecular formula is C14H17ClN2. The van der Waals surface area contributed by atoms with Crippen LogP contribution < -0.4 is 0 Å². The molecule has 1 saturated carbocycles. The number of para-hydroxylation sites is 1. The number of alkyl halides is 1. The lowest BCUT2D eigenvalue weighted by molar-refractivity contribution is 0.486. The molecule has 1 unspecified atom stereocenters. The van der Waals surface area contributed by atoms with Crippen LogP contribution in [-0.4, -0.2) is 9.55 Å². The summed E-state index contributed by atoms with van der Waals surface area (Å²) in [6.07, 6.45) is 2.68. The molecule has 0 saturated heterocycles. The Bertz CT molecular complexity index is 555. The summed E-state index contributed by atoms with van der Waals surface area (Å²) in [7, 11) is 0. The van der Waals surface area contributed by atoms with Crippen molar-refractivity contribution in [2.75, 3.05) is 0 Å². The maximum Gasteiger partial charge on any atom is 0.125 e. The first-order valence-electron chi connectivity index (χ1n) is 6.24. The molecule has 0 bridgehead atoms. The summed E-state index contributed by atoms with van der Waals surface area (Å²) in [6.45, 7) is 4.40. The zero-order valence-electron chi connectivity index (χ0n) is 10.3. The second-order valence-electron chi connectivity index (χ2n) is 5.05. The molecule has 3 heteroatoms. The van der Waals surface area contributed by atoms with Gasteiger partial charge in [-0.05, 0) is 44.2 Å². The minimum atomic E-state index is 0.491. The second kappa shape index (κ2) is 4.02. The average molecular weight is 249 g/mol. The number of nitrogens with zero attached hydrogens (tertiary/aromatic N) is 2. The maximum atomic E-state index is 6.04. The predicted molar refractivity (Wildman–Crippen MR) is 71.5 cm³/mol. The van der Waals surface area contributed by atoms with Crippen LogP contribution in [0, 0.1) is 12.8 Å². The number of halogens is 1. The van der Waals surface area contributed by atoms with Crippen molar-refractivity contribution in [2.45, 2.75) is 38.6 Å². The van der Waals surface area contributed by atoms with Gasteiger partial charge in [-0.25, -0.2) is 4.98 Å². The molecule has 2 nitrogen and oxygen atoms in total. The molecule has 17 heavy (non-hydrogen) atoms. The van der Waals surface area contributed by atoms with E-state index in [1.165, 1.54) is 23.9 Å².